The molecule has 0 radical (unpaired) electrons. The van der Waals surface area contributed by atoms with Crippen LogP contribution in [0.3, 0.4) is 0 Å². The number of carboxylic acid groups (broad SMARTS) is 1. The number of aromatic nitrogens is 2. The Hall–Kier alpha value is -2.19. The van der Waals surface area contributed by atoms with Crippen LogP contribution in [-0.2, 0) is 29.1 Å². The van der Waals surface area contributed by atoms with Crippen molar-refractivity contribution in [2.24, 2.45) is 0 Å². The van der Waals surface area contributed by atoms with Gasteiger partial charge in [0, 0.05) is 17.8 Å². The van der Waals surface area contributed by atoms with E-state index in [1.54, 1.807) is 22.6 Å². The average molecular weight is 320 g/mol. The van der Waals surface area contributed by atoms with Crippen LogP contribution in [0.15, 0.2) is 23.8 Å². The maximum atomic E-state index is 12.1. The first-order valence-electron chi connectivity index (χ1n) is 6.90. The van der Waals surface area contributed by atoms with Crippen LogP contribution >= 0.6 is 11.3 Å². The Morgan fingerprint density at radius 2 is 2.41 bits per heavy atom. The van der Waals surface area contributed by atoms with Crippen LogP contribution < -0.4 is 5.32 Å². The number of carboxylic acids is 1. The molecule has 3 N–H and O–H groups in total. The van der Waals surface area contributed by atoms with Gasteiger partial charge in [0.15, 0.2) is 0 Å². The predicted molar refractivity (Wildman–Crippen MR) is 80.3 cm³/mol. The molecule has 8 heteroatoms. The molecule has 7 nitrogen and oxygen atoms in total. The molecular formula is C14H16N4O3S. The minimum atomic E-state index is -0.931. The zero-order valence-electron chi connectivity index (χ0n) is 11.8. The molecule has 0 saturated carbocycles. The summed E-state index contributed by atoms with van der Waals surface area (Å²) in [7, 11) is 0. The van der Waals surface area contributed by atoms with Crippen molar-refractivity contribution in [3.05, 3.63) is 40.1 Å². The Balaban J connectivity index is 1.62. The van der Waals surface area contributed by atoms with Crippen molar-refractivity contribution in [1.29, 1.82) is 0 Å². The highest BCUT2D eigenvalue weighted by molar-refractivity contribution is 7.09. The van der Waals surface area contributed by atoms with Gasteiger partial charge < -0.3 is 15.4 Å². The lowest BCUT2D eigenvalue weighted by molar-refractivity contribution is -0.144. The van der Waals surface area contributed by atoms with Crippen LogP contribution in [0.5, 0.6) is 0 Å². The number of fused-ring (bicyclic) bond motifs is 1. The topological polar surface area (TPSA) is 98.3 Å². The molecule has 2 aromatic heterocycles. The number of H-pyrrole nitrogens is 1. The van der Waals surface area contributed by atoms with E-state index in [1.165, 1.54) is 0 Å². The fourth-order valence-electron chi connectivity index (χ4n) is 2.54. The summed E-state index contributed by atoms with van der Waals surface area (Å²) in [6, 6.07) is 3.16. The van der Waals surface area contributed by atoms with Gasteiger partial charge in [0.2, 0.25) is 5.91 Å². The number of carbonyl (C=O) groups is 2. The average Bonchev–Trinajstić information content (AvgIpc) is 3.15. The van der Waals surface area contributed by atoms with Gasteiger partial charge >= 0.3 is 5.97 Å². The normalized spacial score (nSPS) is 17.9. The third-order valence-electron chi connectivity index (χ3n) is 3.67. The van der Waals surface area contributed by atoms with E-state index >= 15 is 0 Å². The number of rotatable bonds is 5. The molecule has 0 unspecified atom stereocenters. The highest BCUT2D eigenvalue weighted by Gasteiger charge is 2.33. The van der Waals surface area contributed by atoms with Gasteiger partial charge in [-0.15, -0.1) is 11.3 Å². The minimum absolute atomic E-state index is 0.0564. The van der Waals surface area contributed by atoms with Crippen molar-refractivity contribution in [3.63, 3.8) is 0 Å². The van der Waals surface area contributed by atoms with E-state index in [1.807, 2.05) is 17.5 Å². The molecular weight excluding hydrogens is 304 g/mol. The third-order valence-corrected chi connectivity index (χ3v) is 4.54. The second kappa shape index (κ2) is 6.29. The molecule has 0 aliphatic carbocycles. The Morgan fingerprint density at radius 3 is 3.14 bits per heavy atom. The number of thiophene rings is 1. The first kappa shape index (κ1) is 14.7. The summed E-state index contributed by atoms with van der Waals surface area (Å²) in [5.41, 5.74) is 1.64. The lowest BCUT2D eigenvalue weighted by Gasteiger charge is -2.31. The molecule has 1 aliphatic heterocycles. The van der Waals surface area contributed by atoms with Crippen molar-refractivity contribution < 1.29 is 14.7 Å². The molecule has 3 heterocycles. The summed E-state index contributed by atoms with van der Waals surface area (Å²) >= 11 is 1.57. The smallest absolute Gasteiger partial charge is 0.321 e. The van der Waals surface area contributed by atoms with Crippen molar-refractivity contribution in [2.75, 3.05) is 6.54 Å². The van der Waals surface area contributed by atoms with Crippen molar-refractivity contribution in [2.45, 2.75) is 25.6 Å². The Morgan fingerprint density at radius 1 is 1.55 bits per heavy atom. The zero-order chi connectivity index (χ0) is 15.5. The van der Waals surface area contributed by atoms with Crippen LogP contribution in [0, 0.1) is 0 Å². The fraction of sp³-hybridized carbons (Fsp3) is 0.357. The molecule has 1 atom stereocenters. The number of nitrogens with one attached hydrogen (secondary N) is 2. The maximum Gasteiger partial charge on any atom is 0.321 e. The lowest BCUT2D eigenvalue weighted by atomic mass is 10.0. The van der Waals surface area contributed by atoms with E-state index in [9.17, 15) is 14.7 Å². The van der Waals surface area contributed by atoms with Crippen molar-refractivity contribution >= 4 is 23.2 Å². The van der Waals surface area contributed by atoms with Crippen LogP contribution in [-0.4, -0.2) is 44.4 Å². The Labute approximate surface area is 131 Å². The quantitative estimate of drug-likeness (QED) is 0.749. The second-order valence-electron chi connectivity index (χ2n) is 5.15. The number of aromatic amines is 1. The summed E-state index contributed by atoms with van der Waals surface area (Å²) < 4.78 is 0. The highest BCUT2D eigenvalue weighted by Crippen LogP contribution is 2.20. The summed E-state index contributed by atoms with van der Waals surface area (Å²) in [6.45, 7) is 0.914. The number of carbonyl (C=O) groups excluding carboxylic acids is 1. The zero-order valence-corrected chi connectivity index (χ0v) is 12.6. The predicted octanol–water partition coefficient (Wildman–Crippen LogP) is 0.599. The van der Waals surface area contributed by atoms with Gasteiger partial charge in [-0.05, 0) is 11.4 Å². The van der Waals surface area contributed by atoms with Gasteiger partial charge in [0.25, 0.3) is 0 Å². The molecule has 22 heavy (non-hydrogen) atoms. The number of aliphatic carboxylic acids is 1. The third kappa shape index (κ3) is 3.18. The minimum Gasteiger partial charge on any atom is -0.480 e. The number of amides is 1. The van der Waals surface area contributed by atoms with Crippen molar-refractivity contribution in [1.82, 2.24) is 20.2 Å². The number of hydrogen-bond donors (Lipinski definition) is 3. The molecule has 0 bridgehead atoms. The van der Waals surface area contributed by atoms with Crippen LogP contribution in [0.2, 0.25) is 0 Å². The van der Waals surface area contributed by atoms with Crippen molar-refractivity contribution in [3.8, 4) is 0 Å². The lowest BCUT2D eigenvalue weighted by Crippen LogP contribution is -2.49. The van der Waals surface area contributed by atoms with E-state index in [-0.39, 0.29) is 12.5 Å². The van der Waals surface area contributed by atoms with E-state index in [0.29, 0.717) is 19.5 Å². The van der Waals surface area contributed by atoms with Gasteiger partial charge in [0.05, 0.1) is 30.8 Å². The molecule has 2 aromatic rings. The molecule has 116 valence electrons. The van der Waals surface area contributed by atoms with Crippen LogP contribution in [0.25, 0.3) is 0 Å². The maximum absolute atomic E-state index is 12.1. The molecule has 0 fully saturated rings. The Kier molecular flexibility index (Phi) is 4.21. The summed E-state index contributed by atoms with van der Waals surface area (Å²) in [4.78, 5) is 33.3. The largest absolute Gasteiger partial charge is 0.480 e. The first-order chi connectivity index (χ1) is 10.6. The molecule has 1 aliphatic rings. The SMILES string of the molecule is O=C(CN1Cc2[nH]cnc2C[C@@H]1C(=O)O)NCc1cccs1. The van der Waals surface area contributed by atoms with Crippen LogP contribution in [0.4, 0.5) is 0 Å². The van der Waals surface area contributed by atoms with Crippen LogP contribution in [0.1, 0.15) is 16.3 Å². The first-order valence-corrected chi connectivity index (χ1v) is 7.78. The molecule has 0 aromatic carbocycles. The van der Waals surface area contributed by atoms with Gasteiger partial charge in [-0.3, -0.25) is 14.5 Å². The monoisotopic (exact) mass is 320 g/mol. The summed E-state index contributed by atoms with van der Waals surface area (Å²) in [5, 5.41) is 14.1. The van der Waals surface area contributed by atoms with Gasteiger partial charge in [-0.2, -0.15) is 0 Å². The molecule has 1 amide bonds. The van der Waals surface area contributed by atoms with Gasteiger partial charge in [-0.25, -0.2) is 4.98 Å². The fourth-order valence-corrected chi connectivity index (χ4v) is 3.18. The number of hydrogen-bond acceptors (Lipinski definition) is 5. The second-order valence-corrected chi connectivity index (χ2v) is 6.18. The summed E-state index contributed by atoms with van der Waals surface area (Å²) in [6.07, 6.45) is 1.87. The summed E-state index contributed by atoms with van der Waals surface area (Å²) in [5.74, 6) is -1.11. The van der Waals surface area contributed by atoms with E-state index in [2.05, 4.69) is 15.3 Å². The standard InChI is InChI=1S/C14H16N4O3S/c19-13(15-5-9-2-1-3-22-9)7-18-6-11-10(16-8-17-11)4-12(18)14(20)21/h1-3,8,12H,4-7H2,(H,15,19)(H,16,17)(H,20,21)/t12-/m1/s1. The van der Waals surface area contributed by atoms with Gasteiger partial charge in [0.1, 0.15) is 6.04 Å². The number of nitrogens with zero attached hydrogens (tertiary/aromatic N) is 2. The number of imidazole rings is 1. The molecule has 0 saturated heterocycles. The van der Waals surface area contributed by atoms with E-state index in [4.69, 9.17) is 0 Å². The highest BCUT2D eigenvalue weighted by atomic mass is 32.1. The molecule has 3 rings (SSSR count). The van der Waals surface area contributed by atoms with Gasteiger partial charge in [-0.1, -0.05) is 6.07 Å². The Bertz CT molecular complexity index is 667. The van der Waals surface area contributed by atoms with E-state index in [0.717, 1.165) is 16.3 Å². The molecule has 0 spiro atoms. The van der Waals surface area contributed by atoms with E-state index < -0.39 is 12.0 Å².